The molecule has 0 aromatic heterocycles. The van der Waals surface area contributed by atoms with Gasteiger partial charge in [0.05, 0.1) is 18.6 Å². The highest BCUT2D eigenvalue weighted by molar-refractivity contribution is 8.00. The largest absolute Gasteiger partial charge is 0.497 e. The molecule has 126 valence electrons. The van der Waals surface area contributed by atoms with E-state index in [0.717, 1.165) is 11.3 Å². The van der Waals surface area contributed by atoms with Crippen molar-refractivity contribution in [2.45, 2.75) is 13.8 Å². The number of carbonyl (C=O) groups excluding carboxylic acids is 2. The minimum absolute atomic E-state index is 0.00151. The number of ketones is 1. The van der Waals surface area contributed by atoms with Crippen LogP contribution in [0.1, 0.15) is 21.5 Å². The van der Waals surface area contributed by atoms with Gasteiger partial charge in [-0.05, 0) is 61.4 Å². The third kappa shape index (κ3) is 5.13. The van der Waals surface area contributed by atoms with Crippen LogP contribution >= 0.6 is 11.8 Å². The number of methoxy groups -OCH3 is 1. The van der Waals surface area contributed by atoms with Crippen molar-refractivity contribution in [1.82, 2.24) is 0 Å². The lowest BCUT2D eigenvalue weighted by Crippen LogP contribution is -2.15. The summed E-state index contributed by atoms with van der Waals surface area (Å²) in [6.07, 6.45) is 0. The summed E-state index contributed by atoms with van der Waals surface area (Å²) in [5.41, 5.74) is 3.73. The molecule has 0 heterocycles. The first kappa shape index (κ1) is 18.1. The highest BCUT2D eigenvalue weighted by atomic mass is 32.2. The molecule has 0 atom stereocenters. The van der Waals surface area contributed by atoms with Crippen molar-refractivity contribution < 1.29 is 14.3 Å². The number of amides is 1. The molecular formula is C19H21NO3S. The van der Waals surface area contributed by atoms with Crippen LogP contribution in [0.2, 0.25) is 0 Å². The lowest BCUT2D eigenvalue weighted by Gasteiger charge is -2.07. The van der Waals surface area contributed by atoms with Gasteiger partial charge in [-0.1, -0.05) is 6.07 Å². The summed E-state index contributed by atoms with van der Waals surface area (Å²) in [5, 5.41) is 2.85. The topological polar surface area (TPSA) is 55.4 Å². The van der Waals surface area contributed by atoms with Crippen LogP contribution < -0.4 is 10.1 Å². The molecule has 0 saturated carbocycles. The summed E-state index contributed by atoms with van der Waals surface area (Å²) in [4.78, 5) is 24.0. The van der Waals surface area contributed by atoms with Gasteiger partial charge in [0.1, 0.15) is 5.75 Å². The predicted molar refractivity (Wildman–Crippen MR) is 99.2 cm³/mol. The van der Waals surface area contributed by atoms with Crippen LogP contribution in [0.5, 0.6) is 5.75 Å². The Kier molecular flexibility index (Phi) is 6.44. The number of aryl methyl sites for hydroxylation is 2. The standard InChI is InChI=1S/C19H21NO3S/c1-13-4-7-16(10-14(13)2)20-19(22)12-24-11-18(21)15-5-8-17(23-3)9-6-15/h4-10H,11-12H2,1-3H3,(H,20,22). The molecule has 24 heavy (non-hydrogen) atoms. The molecule has 0 radical (unpaired) electrons. The molecule has 1 N–H and O–H groups in total. The van der Waals surface area contributed by atoms with E-state index in [1.54, 1.807) is 31.4 Å². The van der Waals surface area contributed by atoms with Crippen molar-refractivity contribution in [2.24, 2.45) is 0 Å². The number of benzene rings is 2. The van der Waals surface area contributed by atoms with Crippen LogP contribution in [0, 0.1) is 13.8 Å². The molecular weight excluding hydrogens is 322 g/mol. The SMILES string of the molecule is COc1ccc(C(=O)CSCC(=O)Nc2ccc(C)c(C)c2)cc1. The van der Waals surface area contributed by atoms with Crippen molar-refractivity contribution in [3.05, 3.63) is 59.2 Å². The van der Waals surface area contributed by atoms with Gasteiger partial charge in [0, 0.05) is 11.3 Å². The van der Waals surface area contributed by atoms with Gasteiger partial charge in [-0.3, -0.25) is 9.59 Å². The molecule has 0 aliphatic carbocycles. The van der Waals surface area contributed by atoms with E-state index in [-0.39, 0.29) is 23.2 Å². The fourth-order valence-electron chi connectivity index (χ4n) is 2.11. The molecule has 0 aliphatic rings. The summed E-state index contributed by atoms with van der Waals surface area (Å²) in [6, 6.07) is 12.8. The summed E-state index contributed by atoms with van der Waals surface area (Å²) < 4.78 is 5.06. The first-order valence-corrected chi connectivity index (χ1v) is 8.77. The highest BCUT2D eigenvalue weighted by Crippen LogP contribution is 2.16. The van der Waals surface area contributed by atoms with Gasteiger partial charge >= 0.3 is 0 Å². The molecule has 0 aliphatic heterocycles. The van der Waals surface area contributed by atoms with Crippen LogP contribution in [0.25, 0.3) is 0 Å². The number of Topliss-reactive ketones (excluding diaryl/α,β-unsaturated/α-hetero) is 1. The van der Waals surface area contributed by atoms with E-state index < -0.39 is 0 Å². The third-order valence-corrected chi connectivity index (χ3v) is 4.60. The van der Waals surface area contributed by atoms with Crippen LogP contribution in [-0.4, -0.2) is 30.3 Å². The zero-order chi connectivity index (χ0) is 17.5. The Balaban J connectivity index is 1.79. The van der Waals surface area contributed by atoms with E-state index in [0.29, 0.717) is 11.3 Å². The summed E-state index contributed by atoms with van der Waals surface area (Å²) in [6.45, 7) is 4.04. The number of carbonyl (C=O) groups is 2. The van der Waals surface area contributed by atoms with Crippen LogP contribution in [0.4, 0.5) is 5.69 Å². The third-order valence-electron chi connectivity index (χ3n) is 3.67. The summed E-state index contributed by atoms with van der Waals surface area (Å²) in [7, 11) is 1.58. The van der Waals surface area contributed by atoms with E-state index in [1.807, 2.05) is 32.0 Å². The molecule has 0 bridgehead atoms. The molecule has 5 heteroatoms. The van der Waals surface area contributed by atoms with Crippen molar-refractivity contribution in [3.63, 3.8) is 0 Å². The fourth-order valence-corrected chi connectivity index (χ4v) is 2.82. The smallest absolute Gasteiger partial charge is 0.234 e. The average Bonchev–Trinajstić information content (AvgIpc) is 2.58. The number of hydrogen-bond donors (Lipinski definition) is 1. The Hall–Kier alpha value is -2.27. The molecule has 4 nitrogen and oxygen atoms in total. The van der Waals surface area contributed by atoms with Gasteiger partial charge < -0.3 is 10.1 Å². The van der Waals surface area contributed by atoms with Crippen molar-refractivity contribution in [3.8, 4) is 5.75 Å². The number of anilines is 1. The van der Waals surface area contributed by atoms with Crippen molar-refractivity contribution in [2.75, 3.05) is 23.9 Å². The van der Waals surface area contributed by atoms with Gasteiger partial charge in [0.25, 0.3) is 0 Å². The molecule has 0 saturated heterocycles. The maximum atomic E-state index is 12.1. The van der Waals surface area contributed by atoms with Gasteiger partial charge in [-0.15, -0.1) is 11.8 Å². The van der Waals surface area contributed by atoms with Crippen molar-refractivity contribution >= 4 is 29.1 Å². The second-order valence-corrected chi connectivity index (χ2v) is 6.48. The lowest BCUT2D eigenvalue weighted by molar-refractivity contribution is -0.113. The van der Waals surface area contributed by atoms with Crippen LogP contribution in [-0.2, 0) is 4.79 Å². The van der Waals surface area contributed by atoms with E-state index in [2.05, 4.69) is 5.32 Å². The van der Waals surface area contributed by atoms with E-state index in [9.17, 15) is 9.59 Å². The zero-order valence-electron chi connectivity index (χ0n) is 14.1. The van der Waals surface area contributed by atoms with Gasteiger partial charge in [0.15, 0.2) is 5.78 Å². The van der Waals surface area contributed by atoms with E-state index >= 15 is 0 Å². The fraction of sp³-hybridized carbons (Fsp3) is 0.263. The Morgan fingerprint density at radius 3 is 2.33 bits per heavy atom. The minimum atomic E-state index is -0.106. The van der Waals surface area contributed by atoms with Crippen LogP contribution in [0.3, 0.4) is 0 Å². The molecule has 0 fully saturated rings. The van der Waals surface area contributed by atoms with Gasteiger partial charge in [-0.25, -0.2) is 0 Å². The van der Waals surface area contributed by atoms with E-state index in [4.69, 9.17) is 4.74 Å². The first-order chi connectivity index (χ1) is 11.5. The number of ether oxygens (including phenoxy) is 1. The number of thioether (sulfide) groups is 1. The highest BCUT2D eigenvalue weighted by Gasteiger charge is 2.09. The number of hydrogen-bond acceptors (Lipinski definition) is 4. The quantitative estimate of drug-likeness (QED) is 0.776. The normalized spacial score (nSPS) is 10.3. The van der Waals surface area contributed by atoms with E-state index in [1.165, 1.54) is 17.3 Å². The molecule has 2 rings (SSSR count). The summed E-state index contributed by atoms with van der Waals surface area (Å²) >= 11 is 1.31. The Morgan fingerprint density at radius 1 is 1.00 bits per heavy atom. The summed E-state index contributed by atoms with van der Waals surface area (Å²) in [5.74, 6) is 1.13. The van der Waals surface area contributed by atoms with Crippen LogP contribution in [0.15, 0.2) is 42.5 Å². The maximum Gasteiger partial charge on any atom is 0.234 e. The monoisotopic (exact) mass is 343 g/mol. The predicted octanol–water partition coefficient (Wildman–Crippen LogP) is 3.87. The van der Waals surface area contributed by atoms with Crippen molar-refractivity contribution in [1.29, 1.82) is 0 Å². The number of nitrogens with one attached hydrogen (secondary N) is 1. The number of rotatable bonds is 7. The average molecular weight is 343 g/mol. The molecule has 2 aromatic carbocycles. The Morgan fingerprint density at radius 2 is 1.71 bits per heavy atom. The van der Waals surface area contributed by atoms with Gasteiger partial charge in [0.2, 0.25) is 5.91 Å². The lowest BCUT2D eigenvalue weighted by atomic mass is 10.1. The minimum Gasteiger partial charge on any atom is -0.497 e. The molecule has 0 spiro atoms. The second kappa shape index (κ2) is 8.55. The zero-order valence-corrected chi connectivity index (χ0v) is 14.9. The maximum absolute atomic E-state index is 12.1. The second-order valence-electron chi connectivity index (χ2n) is 5.49. The molecule has 2 aromatic rings. The molecule has 1 amide bonds. The first-order valence-electron chi connectivity index (χ1n) is 7.61. The van der Waals surface area contributed by atoms with Gasteiger partial charge in [-0.2, -0.15) is 0 Å². The molecule has 0 unspecified atom stereocenters. The Bertz CT molecular complexity index is 726. The Labute approximate surface area is 146 Å².